The molecule has 0 saturated heterocycles. The van der Waals surface area contributed by atoms with Crippen molar-refractivity contribution in [1.29, 1.82) is 0 Å². The zero-order chi connectivity index (χ0) is 24.5. The number of benzene rings is 2. The van der Waals surface area contributed by atoms with Crippen LogP contribution in [0.5, 0.6) is 0 Å². The number of aromatic nitrogens is 5. The first kappa shape index (κ1) is 22.1. The van der Waals surface area contributed by atoms with Crippen molar-refractivity contribution in [3.05, 3.63) is 94.0 Å². The number of aryl methyl sites for hydroxylation is 1. The van der Waals surface area contributed by atoms with Crippen molar-refractivity contribution in [2.75, 3.05) is 0 Å². The van der Waals surface area contributed by atoms with E-state index in [1.807, 2.05) is 31.2 Å². The van der Waals surface area contributed by atoms with Crippen molar-refractivity contribution >= 4 is 11.6 Å². The minimum Gasteiger partial charge on any atom is -0.350 e. The average Bonchev–Trinajstić information content (AvgIpc) is 3.44. The Balaban J connectivity index is 1.39. The molecule has 0 aliphatic rings. The second-order valence-electron chi connectivity index (χ2n) is 7.86. The van der Waals surface area contributed by atoms with Crippen molar-refractivity contribution in [1.82, 2.24) is 29.6 Å². The first-order valence-corrected chi connectivity index (χ1v) is 10.6. The molecule has 11 heteroatoms. The lowest BCUT2D eigenvalue weighted by molar-refractivity contribution is -0.122. The molecule has 0 aliphatic heterocycles. The highest BCUT2D eigenvalue weighted by Gasteiger charge is 2.19. The molecular formula is C24H18F2N6O3. The molecule has 0 fully saturated rings. The molecular weight excluding hydrogens is 458 g/mol. The van der Waals surface area contributed by atoms with Crippen LogP contribution in [0.2, 0.25) is 0 Å². The second kappa shape index (κ2) is 8.93. The van der Waals surface area contributed by atoms with E-state index >= 15 is 0 Å². The Morgan fingerprint density at radius 2 is 1.97 bits per heavy atom. The van der Waals surface area contributed by atoms with E-state index in [0.29, 0.717) is 11.4 Å². The van der Waals surface area contributed by atoms with Crippen molar-refractivity contribution in [2.24, 2.45) is 0 Å². The topological polar surface area (TPSA) is 107 Å². The summed E-state index contributed by atoms with van der Waals surface area (Å²) in [5.74, 6) is -1.50. The van der Waals surface area contributed by atoms with Crippen LogP contribution in [0, 0.1) is 18.6 Å². The Hall–Kier alpha value is -4.67. The molecule has 35 heavy (non-hydrogen) atoms. The van der Waals surface area contributed by atoms with Gasteiger partial charge in [-0.25, -0.2) is 22.7 Å². The summed E-state index contributed by atoms with van der Waals surface area (Å²) in [6.45, 7) is 1.39. The molecule has 5 aromatic rings. The van der Waals surface area contributed by atoms with Crippen molar-refractivity contribution < 1.29 is 18.1 Å². The number of hydrogen-bond acceptors (Lipinski definition) is 6. The van der Waals surface area contributed by atoms with Crippen LogP contribution in [0.15, 0.2) is 70.1 Å². The molecule has 5 rings (SSSR count). The zero-order valence-electron chi connectivity index (χ0n) is 18.4. The van der Waals surface area contributed by atoms with Gasteiger partial charge in [-0.15, -0.1) is 5.10 Å². The molecule has 0 aliphatic carbocycles. The molecule has 0 bridgehead atoms. The molecule has 0 spiro atoms. The Kier molecular flexibility index (Phi) is 5.65. The fourth-order valence-electron chi connectivity index (χ4n) is 3.59. The number of amides is 1. The number of rotatable bonds is 6. The van der Waals surface area contributed by atoms with Gasteiger partial charge < -0.3 is 9.84 Å². The van der Waals surface area contributed by atoms with E-state index in [2.05, 4.69) is 20.6 Å². The second-order valence-corrected chi connectivity index (χ2v) is 7.86. The first-order chi connectivity index (χ1) is 16.9. The number of nitrogens with zero attached hydrogens (tertiary/aromatic N) is 5. The summed E-state index contributed by atoms with van der Waals surface area (Å²) in [6.07, 6.45) is 1.51. The summed E-state index contributed by atoms with van der Waals surface area (Å²) in [5, 5.41) is 10.8. The first-order valence-electron chi connectivity index (χ1n) is 10.6. The van der Waals surface area contributed by atoms with Crippen LogP contribution in [0.3, 0.4) is 0 Å². The van der Waals surface area contributed by atoms with Gasteiger partial charge in [0.1, 0.15) is 18.2 Å². The van der Waals surface area contributed by atoms with Gasteiger partial charge in [0, 0.05) is 29.9 Å². The van der Waals surface area contributed by atoms with Crippen LogP contribution in [0.25, 0.3) is 28.5 Å². The van der Waals surface area contributed by atoms with Crippen LogP contribution in [-0.4, -0.2) is 30.2 Å². The van der Waals surface area contributed by atoms with Gasteiger partial charge in [0.2, 0.25) is 11.7 Å². The highest BCUT2D eigenvalue weighted by Crippen LogP contribution is 2.24. The number of nitrogens with one attached hydrogen (secondary N) is 1. The number of carbonyl (C=O) groups excluding carboxylic acids is 1. The van der Waals surface area contributed by atoms with Crippen LogP contribution < -0.4 is 11.0 Å². The van der Waals surface area contributed by atoms with E-state index in [1.165, 1.54) is 16.7 Å². The van der Waals surface area contributed by atoms with E-state index in [1.54, 1.807) is 12.1 Å². The molecule has 0 unspecified atom stereocenters. The number of halogens is 2. The van der Waals surface area contributed by atoms with Gasteiger partial charge in [-0.1, -0.05) is 35.0 Å². The minimum atomic E-state index is -0.774. The Morgan fingerprint density at radius 1 is 1.11 bits per heavy atom. The molecule has 176 valence electrons. The number of fused-ring (bicyclic) bond motifs is 1. The molecule has 0 radical (unpaired) electrons. The molecule has 1 amide bonds. The Bertz CT molecular complexity index is 1620. The minimum absolute atomic E-state index is 0.116. The van der Waals surface area contributed by atoms with Crippen LogP contribution >= 0.6 is 0 Å². The van der Waals surface area contributed by atoms with Gasteiger partial charge >= 0.3 is 5.69 Å². The van der Waals surface area contributed by atoms with Crippen molar-refractivity contribution in [3.8, 4) is 22.8 Å². The maximum atomic E-state index is 13.8. The van der Waals surface area contributed by atoms with Crippen molar-refractivity contribution in [2.45, 2.75) is 20.0 Å². The molecule has 0 atom stereocenters. The van der Waals surface area contributed by atoms with Gasteiger partial charge in [0.25, 0.3) is 5.89 Å². The highest BCUT2D eigenvalue weighted by atomic mass is 19.1. The Labute approximate surface area is 196 Å². The number of pyridine rings is 1. The number of carbonyl (C=O) groups is 1. The molecule has 3 heterocycles. The third-order valence-electron chi connectivity index (χ3n) is 5.33. The van der Waals surface area contributed by atoms with E-state index < -0.39 is 29.8 Å². The van der Waals surface area contributed by atoms with Gasteiger partial charge in [-0.3, -0.25) is 4.79 Å². The van der Waals surface area contributed by atoms with Crippen LogP contribution in [0.4, 0.5) is 8.78 Å². The quantitative estimate of drug-likeness (QED) is 0.404. The summed E-state index contributed by atoms with van der Waals surface area (Å²) in [7, 11) is 0. The monoisotopic (exact) mass is 476 g/mol. The lowest BCUT2D eigenvalue weighted by atomic mass is 10.1. The average molecular weight is 476 g/mol. The van der Waals surface area contributed by atoms with E-state index in [9.17, 15) is 18.4 Å². The standard InChI is InChI=1S/C24H18F2N6O3/c1-14-4-2-5-15(10-14)21-28-23(35-30-21)18-6-3-9-31-22(18)29-32(24(31)34)13-20(33)27-12-16-7-8-17(25)11-19(16)26/h2-11H,12-13H2,1H3,(H,27,33). The fourth-order valence-corrected chi connectivity index (χ4v) is 3.59. The van der Waals surface area contributed by atoms with Gasteiger partial charge in [-0.05, 0) is 31.2 Å². The zero-order valence-corrected chi connectivity index (χ0v) is 18.4. The normalized spacial score (nSPS) is 11.2. The summed E-state index contributed by atoms with van der Waals surface area (Å²) < 4.78 is 34.5. The van der Waals surface area contributed by atoms with E-state index in [4.69, 9.17) is 4.52 Å². The maximum absolute atomic E-state index is 13.8. The molecule has 1 N–H and O–H groups in total. The Morgan fingerprint density at radius 3 is 2.77 bits per heavy atom. The van der Waals surface area contributed by atoms with E-state index in [-0.39, 0.29) is 23.6 Å². The summed E-state index contributed by atoms with van der Waals surface area (Å²) in [4.78, 5) is 29.6. The van der Waals surface area contributed by atoms with Crippen molar-refractivity contribution in [3.63, 3.8) is 0 Å². The molecule has 3 aromatic heterocycles. The van der Waals surface area contributed by atoms with Gasteiger partial charge in [0.05, 0.1) is 5.56 Å². The van der Waals surface area contributed by atoms with Crippen LogP contribution in [0.1, 0.15) is 11.1 Å². The molecule has 2 aromatic carbocycles. The highest BCUT2D eigenvalue weighted by molar-refractivity contribution is 5.76. The summed E-state index contributed by atoms with van der Waals surface area (Å²) in [6, 6.07) is 14.0. The van der Waals surface area contributed by atoms with E-state index in [0.717, 1.165) is 27.9 Å². The SMILES string of the molecule is Cc1cccc(-c2noc(-c3cccn4c(=O)n(CC(=O)NCc5ccc(F)cc5F)nc34)n2)c1. The largest absolute Gasteiger partial charge is 0.350 e. The predicted molar refractivity (Wildman–Crippen MR) is 121 cm³/mol. The number of hydrogen-bond donors (Lipinski definition) is 1. The third-order valence-corrected chi connectivity index (χ3v) is 5.33. The molecule has 0 saturated carbocycles. The lowest BCUT2D eigenvalue weighted by Crippen LogP contribution is -2.32. The van der Waals surface area contributed by atoms with Crippen LogP contribution in [-0.2, 0) is 17.9 Å². The summed E-state index contributed by atoms with van der Waals surface area (Å²) in [5.41, 5.74) is 2.04. The molecule has 9 nitrogen and oxygen atoms in total. The van der Waals surface area contributed by atoms with Gasteiger partial charge in [-0.2, -0.15) is 4.98 Å². The smallest absolute Gasteiger partial charge is 0.350 e. The maximum Gasteiger partial charge on any atom is 0.350 e. The lowest BCUT2D eigenvalue weighted by Gasteiger charge is -2.06. The summed E-state index contributed by atoms with van der Waals surface area (Å²) >= 11 is 0. The third kappa shape index (κ3) is 4.43. The predicted octanol–water partition coefficient (Wildman–Crippen LogP) is 3.12. The van der Waals surface area contributed by atoms with Gasteiger partial charge in [0.15, 0.2) is 5.65 Å². The fraction of sp³-hybridized carbons (Fsp3) is 0.125.